The van der Waals surface area contributed by atoms with Gasteiger partial charge in [-0.2, -0.15) is 0 Å². The second kappa shape index (κ2) is 6.87. The molecule has 1 amide bonds. The molecule has 0 heterocycles. The van der Waals surface area contributed by atoms with Gasteiger partial charge in [0.2, 0.25) is 5.91 Å². The van der Waals surface area contributed by atoms with E-state index in [9.17, 15) is 4.79 Å². The van der Waals surface area contributed by atoms with Gasteiger partial charge in [-0.3, -0.25) is 15.6 Å². The molecule has 0 saturated carbocycles. The molecule has 0 bridgehead atoms. The van der Waals surface area contributed by atoms with Crippen molar-refractivity contribution >= 4 is 34.8 Å². The van der Waals surface area contributed by atoms with Gasteiger partial charge in [-0.15, -0.1) is 0 Å². The molecule has 19 heavy (non-hydrogen) atoms. The largest absolute Gasteiger partial charge is 0.489 e. The molecular formula is C13H18Cl2N2O2. The molecule has 0 radical (unpaired) electrons. The molecule has 0 aliphatic rings. The van der Waals surface area contributed by atoms with Crippen molar-refractivity contribution in [2.24, 2.45) is 5.92 Å². The summed E-state index contributed by atoms with van der Waals surface area (Å²) in [6.07, 6.45) is -0.00298. The highest BCUT2D eigenvalue weighted by atomic mass is 35.5. The summed E-state index contributed by atoms with van der Waals surface area (Å²) in [4.78, 5) is 11.5. The van der Waals surface area contributed by atoms with Crippen LogP contribution in [-0.4, -0.2) is 12.0 Å². The minimum absolute atomic E-state index is 0.00298. The SMILES string of the molecule is CC(C)Oc1cc(NNC(=O)C(C)C)c(Cl)cc1Cl. The van der Waals surface area contributed by atoms with E-state index in [1.807, 2.05) is 13.8 Å². The number of carbonyl (C=O) groups excluding carboxylic acids is 1. The summed E-state index contributed by atoms with van der Waals surface area (Å²) in [5, 5.41) is 0.838. The minimum atomic E-state index is -0.127. The van der Waals surface area contributed by atoms with Gasteiger partial charge in [0, 0.05) is 12.0 Å². The van der Waals surface area contributed by atoms with Crippen LogP contribution in [0.5, 0.6) is 5.75 Å². The second-order valence-electron chi connectivity index (χ2n) is 4.70. The molecule has 0 atom stereocenters. The van der Waals surface area contributed by atoms with E-state index >= 15 is 0 Å². The summed E-state index contributed by atoms with van der Waals surface area (Å²) in [5.41, 5.74) is 5.87. The highest BCUT2D eigenvalue weighted by Crippen LogP contribution is 2.34. The van der Waals surface area contributed by atoms with Crippen molar-refractivity contribution in [2.45, 2.75) is 33.8 Å². The summed E-state index contributed by atoms with van der Waals surface area (Å²) < 4.78 is 5.55. The summed E-state index contributed by atoms with van der Waals surface area (Å²) in [6, 6.07) is 3.23. The van der Waals surface area contributed by atoms with Crippen LogP contribution in [0.15, 0.2) is 12.1 Å². The van der Waals surface area contributed by atoms with E-state index in [-0.39, 0.29) is 17.9 Å². The number of amides is 1. The first-order valence-corrected chi connectivity index (χ1v) is 6.78. The summed E-state index contributed by atoms with van der Waals surface area (Å²) in [6.45, 7) is 7.40. The Bertz CT molecular complexity index is 462. The molecule has 2 N–H and O–H groups in total. The number of benzene rings is 1. The molecule has 4 nitrogen and oxygen atoms in total. The van der Waals surface area contributed by atoms with Gasteiger partial charge < -0.3 is 4.74 Å². The Labute approximate surface area is 123 Å². The molecule has 1 rings (SSSR count). The van der Waals surface area contributed by atoms with Crippen LogP contribution in [-0.2, 0) is 4.79 Å². The summed E-state index contributed by atoms with van der Waals surface area (Å²) in [7, 11) is 0. The molecular weight excluding hydrogens is 287 g/mol. The Morgan fingerprint density at radius 3 is 2.32 bits per heavy atom. The molecule has 106 valence electrons. The van der Waals surface area contributed by atoms with Crippen LogP contribution >= 0.6 is 23.2 Å². The Kier molecular flexibility index (Phi) is 5.76. The van der Waals surface area contributed by atoms with Gasteiger partial charge in [-0.25, -0.2) is 0 Å². The number of hydrogen-bond acceptors (Lipinski definition) is 3. The van der Waals surface area contributed by atoms with Gasteiger partial charge in [0.05, 0.1) is 21.8 Å². The van der Waals surface area contributed by atoms with Crippen LogP contribution < -0.4 is 15.6 Å². The van der Waals surface area contributed by atoms with E-state index in [4.69, 9.17) is 27.9 Å². The van der Waals surface area contributed by atoms with E-state index in [1.54, 1.807) is 26.0 Å². The molecule has 1 aromatic carbocycles. The zero-order valence-electron chi connectivity index (χ0n) is 11.4. The molecule has 0 saturated heterocycles. The van der Waals surface area contributed by atoms with E-state index in [1.165, 1.54) is 0 Å². The summed E-state index contributed by atoms with van der Waals surface area (Å²) in [5.74, 6) is 0.268. The van der Waals surface area contributed by atoms with Crippen molar-refractivity contribution in [1.29, 1.82) is 0 Å². The maximum absolute atomic E-state index is 11.5. The van der Waals surface area contributed by atoms with Crippen molar-refractivity contribution in [3.8, 4) is 5.75 Å². The van der Waals surface area contributed by atoms with Gasteiger partial charge in [-0.1, -0.05) is 37.0 Å². The number of halogens is 2. The molecule has 6 heteroatoms. The first kappa shape index (κ1) is 15.9. The van der Waals surface area contributed by atoms with Crippen LogP contribution in [0, 0.1) is 5.92 Å². The van der Waals surface area contributed by atoms with Gasteiger partial charge in [0.25, 0.3) is 0 Å². The first-order valence-electron chi connectivity index (χ1n) is 6.02. The van der Waals surface area contributed by atoms with E-state index in [0.717, 1.165) is 0 Å². The average Bonchev–Trinajstić information content (AvgIpc) is 2.30. The molecule has 0 unspecified atom stereocenters. The Hall–Kier alpha value is -1.13. The predicted octanol–water partition coefficient (Wildman–Crippen LogP) is 3.88. The maximum atomic E-state index is 11.5. The Morgan fingerprint density at radius 2 is 1.79 bits per heavy atom. The number of carbonyl (C=O) groups is 1. The monoisotopic (exact) mass is 304 g/mol. The van der Waals surface area contributed by atoms with E-state index in [2.05, 4.69) is 10.9 Å². The molecule has 0 aromatic heterocycles. The zero-order chi connectivity index (χ0) is 14.6. The first-order chi connectivity index (χ1) is 8.81. The highest BCUT2D eigenvalue weighted by Gasteiger charge is 2.11. The highest BCUT2D eigenvalue weighted by molar-refractivity contribution is 6.37. The number of rotatable bonds is 5. The van der Waals surface area contributed by atoms with Gasteiger partial charge in [0.15, 0.2) is 0 Å². The molecule has 0 aliphatic heterocycles. The van der Waals surface area contributed by atoms with Gasteiger partial charge >= 0.3 is 0 Å². The van der Waals surface area contributed by atoms with E-state index < -0.39 is 0 Å². The van der Waals surface area contributed by atoms with Crippen molar-refractivity contribution in [1.82, 2.24) is 5.43 Å². The molecule has 0 fully saturated rings. The van der Waals surface area contributed by atoms with Gasteiger partial charge in [-0.05, 0) is 19.9 Å². The Balaban J connectivity index is 2.85. The number of ether oxygens (including phenoxy) is 1. The van der Waals surface area contributed by atoms with Crippen LogP contribution in [0.4, 0.5) is 5.69 Å². The third-order valence-corrected chi connectivity index (χ3v) is 2.84. The third kappa shape index (κ3) is 4.80. The minimum Gasteiger partial charge on any atom is -0.489 e. The average molecular weight is 305 g/mol. The summed E-state index contributed by atoms with van der Waals surface area (Å²) >= 11 is 12.1. The lowest BCUT2D eigenvalue weighted by molar-refractivity contribution is -0.123. The zero-order valence-corrected chi connectivity index (χ0v) is 12.9. The fraction of sp³-hybridized carbons (Fsp3) is 0.462. The fourth-order valence-electron chi connectivity index (χ4n) is 1.24. The molecule has 0 aliphatic carbocycles. The van der Waals surface area contributed by atoms with Crippen molar-refractivity contribution < 1.29 is 9.53 Å². The fourth-order valence-corrected chi connectivity index (χ4v) is 1.72. The number of hydrogen-bond donors (Lipinski definition) is 2. The molecule has 0 spiro atoms. The lowest BCUT2D eigenvalue weighted by Gasteiger charge is -2.16. The number of anilines is 1. The van der Waals surface area contributed by atoms with Crippen molar-refractivity contribution in [3.05, 3.63) is 22.2 Å². The molecule has 1 aromatic rings. The second-order valence-corrected chi connectivity index (χ2v) is 5.51. The topological polar surface area (TPSA) is 50.4 Å². The predicted molar refractivity (Wildman–Crippen MR) is 78.8 cm³/mol. The maximum Gasteiger partial charge on any atom is 0.240 e. The lowest BCUT2D eigenvalue weighted by Crippen LogP contribution is -2.32. The lowest BCUT2D eigenvalue weighted by atomic mass is 10.2. The normalized spacial score (nSPS) is 10.7. The van der Waals surface area contributed by atoms with E-state index in [0.29, 0.717) is 21.5 Å². The smallest absolute Gasteiger partial charge is 0.240 e. The third-order valence-electron chi connectivity index (χ3n) is 2.23. The number of nitrogens with one attached hydrogen (secondary N) is 2. The van der Waals surface area contributed by atoms with Crippen molar-refractivity contribution in [2.75, 3.05) is 5.43 Å². The van der Waals surface area contributed by atoms with Gasteiger partial charge in [0.1, 0.15) is 5.75 Å². The standard InChI is InChI=1S/C13H18Cl2N2O2/c1-7(2)13(18)17-16-11-6-12(19-8(3)4)10(15)5-9(11)14/h5-8,16H,1-4H3,(H,17,18). The van der Waals surface area contributed by atoms with Crippen LogP contribution in [0.2, 0.25) is 10.0 Å². The Morgan fingerprint density at radius 1 is 1.16 bits per heavy atom. The van der Waals surface area contributed by atoms with Crippen molar-refractivity contribution in [3.63, 3.8) is 0 Å². The van der Waals surface area contributed by atoms with Crippen LogP contribution in [0.25, 0.3) is 0 Å². The van der Waals surface area contributed by atoms with Crippen LogP contribution in [0.1, 0.15) is 27.7 Å². The quantitative estimate of drug-likeness (QED) is 0.812. The van der Waals surface area contributed by atoms with Crippen LogP contribution in [0.3, 0.4) is 0 Å². The number of hydrazine groups is 1.